The first-order valence-corrected chi connectivity index (χ1v) is 6.88. The fourth-order valence-corrected chi connectivity index (χ4v) is 2.33. The third-order valence-electron chi connectivity index (χ3n) is 2.88. The lowest BCUT2D eigenvalue weighted by atomic mass is 10.0. The zero-order valence-corrected chi connectivity index (χ0v) is 12.8. The molecular formula is C15H14BrN3O. The number of pyridine rings is 1. The average Bonchev–Trinajstić information content (AvgIpc) is 2.44. The molecule has 1 amide bonds. The highest BCUT2D eigenvalue weighted by atomic mass is 79.9. The van der Waals surface area contributed by atoms with Crippen molar-refractivity contribution < 1.29 is 4.79 Å². The first-order chi connectivity index (χ1) is 9.54. The predicted molar refractivity (Wildman–Crippen MR) is 85.8 cm³/mol. The number of halogens is 1. The minimum atomic E-state index is -0.469. The van der Waals surface area contributed by atoms with Crippen molar-refractivity contribution in [2.75, 3.05) is 0 Å². The van der Waals surface area contributed by atoms with Crippen molar-refractivity contribution in [2.24, 2.45) is 10.7 Å². The number of aromatic nitrogens is 1. The fourth-order valence-electron chi connectivity index (χ4n) is 1.87. The average molecular weight is 332 g/mol. The van der Waals surface area contributed by atoms with E-state index in [9.17, 15) is 4.79 Å². The number of benzene rings is 1. The second-order valence-corrected chi connectivity index (χ2v) is 5.13. The quantitative estimate of drug-likeness (QED) is 0.874. The Kier molecular flexibility index (Phi) is 4.29. The molecule has 20 heavy (non-hydrogen) atoms. The molecule has 1 heterocycles. The van der Waals surface area contributed by atoms with Crippen LogP contribution in [-0.4, -0.2) is 17.1 Å². The topological polar surface area (TPSA) is 68.3 Å². The van der Waals surface area contributed by atoms with E-state index < -0.39 is 5.91 Å². The fraction of sp³-hybridized carbons (Fsp3) is 0.133. The molecule has 0 saturated carbocycles. The first-order valence-electron chi connectivity index (χ1n) is 6.08. The van der Waals surface area contributed by atoms with E-state index in [-0.39, 0.29) is 0 Å². The van der Waals surface area contributed by atoms with Gasteiger partial charge in [0, 0.05) is 22.3 Å². The van der Waals surface area contributed by atoms with Crippen molar-refractivity contribution in [1.29, 1.82) is 0 Å². The Morgan fingerprint density at radius 2 is 2.20 bits per heavy atom. The van der Waals surface area contributed by atoms with E-state index in [1.54, 1.807) is 18.5 Å². The Balaban J connectivity index is 2.76. The number of hydrogen-bond donors (Lipinski definition) is 1. The van der Waals surface area contributed by atoms with Crippen molar-refractivity contribution >= 4 is 44.5 Å². The second-order valence-electron chi connectivity index (χ2n) is 4.27. The van der Waals surface area contributed by atoms with Gasteiger partial charge in [-0.15, -0.1) is 0 Å². The van der Waals surface area contributed by atoms with Crippen molar-refractivity contribution in [3.05, 3.63) is 46.2 Å². The number of nitrogens with two attached hydrogens (primary N) is 1. The predicted octanol–water partition coefficient (Wildman–Crippen LogP) is 3.55. The zero-order valence-electron chi connectivity index (χ0n) is 11.2. The lowest BCUT2D eigenvalue weighted by Crippen LogP contribution is -2.12. The molecule has 0 aliphatic rings. The molecule has 0 spiro atoms. The van der Waals surface area contributed by atoms with E-state index in [0.717, 1.165) is 15.4 Å². The molecular weight excluding hydrogens is 318 g/mol. The first kappa shape index (κ1) is 14.4. The van der Waals surface area contributed by atoms with Gasteiger partial charge < -0.3 is 5.73 Å². The van der Waals surface area contributed by atoms with E-state index in [0.29, 0.717) is 16.8 Å². The molecule has 0 saturated heterocycles. The third-order valence-corrected chi connectivity index (χ3v) is 3.52. The summed E-state index contributed by atoms with van der Waals surface area (Å²) in [5, 5.41) is 0.738. The van der Waals surface area contributed by atoms with Crippen LogP contribution in [0.25, 0.3) is 16.5 Å². The van der Waals surface area contributed by atoms with Crippen LogP contribution < -0.4 is 5.73 Å². The molecule has 2 aromatic rings. The zero-order chi connectivity index (χ0) is 14.7. The van der Waals surface area contributed by atoms with Crippen LogP contribution in [0.2, 0.25) is 0 Å². The number of fused-ring (bicyclic) bond motifs is 1. The van der Waals surface area contributed by atoms with E-state index in [4.69, 9.17) is 5.73 Å². The number of allylic oxidation sites excluding steroid dienone is 1. The van der Waals surface area contributed by atoms with Gasteiger partial charge in [0.25, 0.3) is 0 Å². The highest BCUT2D eigenvalue weighted by Gasteiger charge is 2.12. The molecule has 5 heteroatoms. The number of hydrogen-bond acceptors (Lipinski definition) is 3. The minimum absolute atomic E-state index is 0.458. The van der Waals surface area contributed by atoms with Crippen LogP contribution in [-0.2, 0) is 0 Å². The van der Waals surface area contributed by atoms with Gasteiger partial charge in [0.05, 0.1) is 16.8 Å². The van der Waals surface area contributed by atoms with Gasteiger partial charge in [0.15, 0.2) is 0 Å². The molecule has 0 radical (unpaired) electrons. The smallest absolute Gasteiger partial charge is 0.249 e. The number of carbonyl (C=O) groups is 1. The summed E-state index contributed by atoms with van der Waals surface area (Å²) in [6.07, 6.45) is 3.39. The Labute approximate surface area is 125 Å². The summed E-state index contributed by atoms with van der Waals surface area (Å²) in [5.41, 5.74) is 8.19. The lowest BCUT2D eigenvalue weighted by molar-refractivity contribution is 0.100. The number of primary amides is 1. The molecule has 0 bridgehead atoms. The molecule has 0 fully saturated rings. The van der Waals surface area contributed by atoms with E-state index in [1.165, 1.54) is 0 Å². The Morgan fingerprint density at radius 1 is 1.45 bits per heavy atom. The number of aliphatic imine (C=N–C) groups is 1. The van der Waals surface area contributed by atoms with Gasteiger partial charge in [-0.1, -0.05) is 12.1 Å². The summed E-state index contributed by atoms with van der Waals surface area (Å²) < 4.78 is 0.825. The molecule has 1 aromatic heterocycles. The normalized spacial score (nSPS) is 12.2. The standard InChI is InChI=1S/C15H14BrN3O/c1-3-18-8-9(2)13-7-11(15(17)20)10-5-4-6-12(16)14(10)19-13/h3-8H,1-2H3,(H2,17,20)/b9-8+,18-3?. The van der Waals surface area contributed by atoms with Gasteiger partial charge in [-0.25, -0.2) is 4.98 Å². The Bertz CT molecular complexity index is 735. The number of para-hydroxylation sites is 1. The van der Waals surface area contributed by atoms with Gasteiger partial charge in [-0.05, 0) is 47.5 Å². The molecule has 4 nitrogen and oxygen atoms in total. The van der Waals surface area contributed by atoms with Gasteiger partial charge >= 0.3 is 0 Å². The van der Waals surface area contributed by atoms with E-state index in [1.807, 2.05) is 32.0 Å². The highest BCUT2D eigenvalue weighted by Crippen LogP contribution is 2.27. The maximum atomic E-state index is 11.6. The van der Waals surface area contributed by atoms with Gasteiger partial charge in [-0.2, -0.15) is 0 Å². The summed E-state index contributed by atoms with van der Waals surface area (Å²) in [7, 11) is 0. The highest BCUT2D eigenvalue weighted by molar-refractivity contribution is 9.10. The van der Waals surface area contributed by atoms with E-state index in [2.05, 4.69) is 25.9 Å². The van der Waals surface area contributed by atoms with Crippen LogP contribution in [0, 0.1) is 0 Å². The summed E-state index contributed by atoms with van der Waals surface area (Å²) in [6.45, 7) is 3.73. The van der Waals surface area contributed by atoms with Crippen molar-refractivity contribution in [1.82, 2.24) is 4.98 Å². The summed E-state index contributed by atoms with van der Waals surface area (Å²) in [6, 6.07) is 7.27. The Hall–Kier alpha value is -2.01. The maximum absolute atomic E-state index is 11.6. The van der Waals surface area contributed by atoms with Crippen molar-refractivity contribution in [3.63, 3.8) is 0 Å². The number of amides is 1. The van der Waals surface area contributed by atoms with Crippen LogP contribution in [0.5, 0.6) is 0 Å². The molecule has 2 N–H and O–H groups in total. The number of nitrogens with zero attached hydrogens (tertiary/aromatic N) is 2. The van der Waals surface area contributed by atoms with Gasteiger partial charge in [0.1, 0.15) is 0 Å². The summed E-state index contributed by atoms with van der Waals surface area (Å²) in [4.78, 5) is 20.3. The van der Waals surface area contributed by atoms with Crippen LogP contribution in [0.1, 0.15) is 29.9 Å². The molecule has 0 aliphatic carbocycles. The molecule has 0 unspecified atom stereocenters. The lowest BCUT2D eigenvalue weighted by Gasteiger charge is -2.08. The molecule has 0 aliphatic heterocycles. The maximum Gasteiger partial charge on any atom is 0.249 e. The Morgan fingerprint density at radius 3 is 2.85 bits per heavy atom. The van der Waals surface area contributed by atoms with Gasteiger partial charge in [-0.3, -0.25) is 9.79 Å². The number of rotatable bonds is 3. The molecule has 102 valence electrons. The third kappa shape index (κ3) is 2.77. The van der Waals surface area contributed by atoms with Crippen LogP contribution in [0.3, 0.4) is 0 Å². The molecule has 0 atom stereocenters. The summed E-state index contributed by atoms with van der Waals surface area (Å²) in [5.74, 6) is -0.469. The molecule has 2 rings (SSSR count). The van der Waals surface area contributed by atoms with Crippen LogP contribution in [0.15, 0.2) is 39.9 Å². The molecule has 1 aromatic carbocycles. The number of carbonyl (C=O) groups excluding carboxylic acids is 1. The van der Waals surface area contributed by atoms with Gasteiger partial charge in [0.2, 0.25) is 5.91 Å². The van der Waals surface area contributed by atoms with Crippen LogP contribution in [0.4, 0.5) is 0 Å². The van der Waals surface area contributed by atoms with Crippen LogP contribution >= 0.6 is 15.9 Å². The van der Waals surface area contributed by atoms with E-state index >= 15 is 0 Å². The largest absolute Gasteiger partial charge is 0.366 e. The minimum Gasteiger partial charge on any atom is -0.366 e. The SMILES string of the molecule is CC=N/C=C(\C)c1cc(C(N)=O)c2cccc(Br)c2n1. The van der Waals surface area contributed by atoms with Crippen molar-refractivity contribution in [3.8, 4) is 0 Å². The summed E-state index contributed by atoms with van der Waals surface area (Å²) >= 11 is 3.45. The van der Waals surface area contributed by atoms with Crippen molar-refractivity contribution in [2.45, 2.75) is 13.8 Å². The monoisotopic (exact) mass is 331 g/mol. The second kappa shape index (κ2) is 5.96.